The third-order valence-corrected chi connectivity index (χ3v) is 4.05. The molecule has 1 N–H and O–H groups in total. The molecular formula is C18H19ClN2O2. The van der Waals surface area contributed by atoms with E-state index in [0.29, 0.717) is 11.6 Å². The molecule has 3 rings (SSSR count). The Bertz CT molecular complexity index is 855. The molecule has 1 aromatic heterocycles. The van der Waals surface area contributed by atoms with E-state index in [-0.39, 0.29) is 12.4 Å². The zero-order valence-corrected chi connectivity index (χ0v) is 14.0. The summed E-state index contributed by atoms with van der Waals surface area (Å²) in [4.78, 5) is 17.4. The van der Waals surface area contributed by atoms with Gasteiger partial charge in [0.25, 0.3) is 0 Å². The molecule has 0 amide bonds. The highest BCUT2D eigenvalue weighted by Gasteiger charge is 2.12. The highest BCUT2D eigenvalue weighted by atomic mass is 35.5. The van der Waals surface area contributed by atoms with Crippen LogP contribution in [0.15, 0.2) is 36.4 Å². The van der Waals surface area contributed by atoms with Gasteiger partial charge in [0.1, 0.15) is 6.61 Å². The van der Waals surface area contributed by atoms with Crippen LogP contribution < -0.4 is 0 Å². The Morgan fingerprint density at radius 3 is 2.83 bits per heavy atom. The number of halogens is 1. The van der Waals surface area contributed by atoms with Gasteiger partial charge in [-0.2, -0.15) is 0 Å². The number of nitrogens with zero attached hydrogens (tertiary/aromatic N) is 1. The van der Waals surface area contributed by atoms with Gasteiger partial charge in [0, 0.05) is 27.9 Å². The molecule has 0 aliphatic carbocycles. The minimum absolute atomic E-state index is 0.212. The Morgan fingerprint density at radius 2 is 2.04 bits per heavy atom. The van der Waals surface area contributed by atoms with Crippen molar-refractivity contribution in [3.05, 3.63) is 47.0 Å². The zero-order valence-electron chi connectivity index (χ0n) is 13.2. The minimum Gasteiger partial charge on any atom is -0.464 e. The van der Waals surface area contributed by atoms with Gasteiger partial charge in [-0.15, -0.1) is 0 Å². The third-order valence-electron chi connectivity index (χ3n) is 3.82. The molecule has 1 heterocycles. The van der Waals surface area contributed by atoms with Crippen molar-refractivity contribution in [3.8, 4) is 0 Å². The van der Waals surface area contributed by atoms with Gasteiger partial charge in [0.15, 0.2) is 0 Å². The second-order valence-corrected chi connectivity index (χ2v) is 6.29. The topological polar surface area (TPSA) is 45.3 Å². The molecule has 0 fully saturated rings. The van der Waals surface area contributed by atoms with Crippen LogP contribution in [0.1, 0.15) is 5.56 Å². The van der Waals surface area contributed by atoms with Crippen LogP contribution in [-0.4, -0.2) is 43.1 Å². The summed E-state index contributed by atoms with van der Waals surface area (Å²) in [6.07, 6.45) is 0.255. The maximum atomic E-state index is 12.0. The summed E-state index contributed by atoms with van der Waals surface area (Å²) in [5.74, 6) is -0.212. The van der Waals surface area contributed by atoms with Crippen LogP contribution in [-0.2, 0) is 16.0 Å². The van der Waals surface area contributed by atoms with Crippen molar-refractivity contribution in [1.29, 1.82) is 0 Å². The number of nitrogens with one attached hydrogen (secondary N) is 1. The Morgan fingerprint density at radius 1 is 1.22 bits per heavy atom. The lowest BCUT2D eigenvalue weighted by Gasteiger charge is -2.10. The van der Waals surface area contributed by atoms with Crippen LogP contribution in [0.3, 0.4) is 0 Å². The van der Waals surface area contributed by atoms with E-state index in [1.165, 1.54) is 0 Å². The van der Waals surface area contributed by atoms with Gasteiger partial charge in [-0.1, -0.05) is 29.8 Å². The highest BCUT2D eigenvalue weighted by Crippen LogP contribution is 2.29. The van der Waals surface area contributed by atoms with Crippen molar-refractivity contribution >= 4 is 39.4 Å². The van der Waals surface area contributed by atoms with E-state index in [0.717, 1.165) is 33.9 Å². The van der Waals surface area contributed by atoms with Crippen LogP contribution in [0, 0.1) is 0 Å². The Hall–Kier alpha value is -2.04. The number of hydrogen-bond donors (Lipinski definition) is 1. The van der Waals surface area contributed by atoms with Crippen LogP contribution in [0.25, 0.3) is 21.8 Å². The maximum absolute atomic E-state index is 12.0. The molecule has 0 saturated heterocycles. The van der Waals surface area contributed by atoms with Gasteiger partial charge in [-0.25, -0.2) is 0 Å². The number of aromatic nitrogens is 1. The van der Waals surface area contributed by atoms with Gasteiger partial charge < -0.3 is 14.6 Å². The molecule has 2 aromatic carbocycles. The fourth-order valence-corrected chi connectivity index (χ4v) is 2.82. The van der Waals surface area contributed by atoms with Gasteiger partial charge in [-0.3, -0.25) is 4.79 Å². The largest absolute Gasteiger partial charge is 0.464 e. The Kier molecular flexibility index (Phi) is 4.55. The average molecular weight is 331 g/mol. The lowest BCUT2D eigenvalue weighted by molar-refractivity contribution is -0.143. The molecule has 4 nitrogen and oxygen atoms in total. The van der Waals surface area contributed by atoms with E-state index in [2.05, 4.69) is 4.98 Å². The molecule has 0 atom stereocenters. The van der Waals surface area contributed by atoms with Crippen molar-refractivity contribution < 1.29 is 9.53 Å². The summed E-state index contributed by atoms with van der Waals surface area (Å²) >= 11 is 6.09. The number of esters is 1. The number of fused-ring (bicyclic) bond motifs is 3. The molecular weight excluding hydrogens is 312 g/mol. The van der Waals surface area contributed by atoms with Crippen molar-refractivity contribution in [1.82, 2.24) is 9.88 Å². The van der Waals surface area contributed by atoms with Gasteiger partial charge >= 0.3 is 5.97 Å². The van der Waals surface area contributed by atoms with E-state index < -0.39 is 0 Å². The van der Waals surface area contributed by atoms with Crippen LogP contribution in [0.4, 0.5) is 0 Å². The first kappa shape index (κ1) is 15.8. The lowest BCUT2D eigenvalue weighted by Crippen LogP contribution is -2.20. The normalized spacial score (nSPS) is 11.5. The second-order valence-electron chi connectivity index (χ2n) is 5.86. The molecule has 3 aromatic rings. The maximum Gasteiger partial charge on any atom is 0.310 e. The number of carbonyl (C=O) groups is 1. The minimum atomic E-state index is -0.212. The molecule has 0 aliphatic heterocycles. The third kappa shape index (κ3) is 3.49. The quantitative estimate of drug-likeness (QED) is 0.727. The molecule has 0 spiro atoms. The molecule has 120 valence electrons. The zero-order chi connectivity index (χ0) is 16.4. The van der Waals surface area contributed by atoms with Crippen molar-refractivity contribution in [3.63, 3.8) is 0 Å². The molecule has 0 bridgehead atoms. The first-order valence-corrected chi connectivity index (χ1v) is 7.91. The second kappa shape index (κ2) is 6.60. The number of likely N-dealkylation sites (N-methyl/N-ethyl adjacent to an activating group) is 1. The number of rotatable bonds is 5. The Balaban J connectivity index is 1.86. The number of hydrogen-bond acceptors (Lipinski definition) is 3. The predicted octanol–water partition coefficient (Wildman–Crippen LogP) is 3.62. The van der Waals surface area contributed by atoms with Crippen LogP contribution >= 0.6 is 11.6 Å². The molecule has 0 aliphatic rings. The number of aromatic amines is 1. The van der Waals surface area contributed by atoms with Crippen molar-refractivity contribution in [2.75, 3.05) is 27.2 Å². The number of para-hydroxylation sites is 1. The van der Waals surface area contributed by atoms with Crippen molar-refractivity contribution in [2.45, 2.75) is 6.42 Å². The highest BCUT2D eigenvalue weighted by molar-refractivity contribution is 6.31. The fourth-order valence-electron chi connectivity index (χ4n) is 2.65. The summed E-state index contributed by atoms with van der Waals surface area (Å²) in [7, 11) is 3.90. The van der Waals surface area contributed by atoms with Crippen molar-refractivity contribution in [2.24, 2.45) is 0 Å². The number of ether oxygens (including phenoxy) is 1. The average Bonchev–Trinajstić information content (AvgIpc) is 2.86. The van der Waals surface area contributed by atoms with E-state index in [1.807, 2.05) is 55.4 Å². The fraction of sp³-hybridized carbons (Fsp3) is 0.278. The molecule has 5 heteroatoms. The lowest BCUT2D eigenvalue weighted by atomic mass is 10.1. The number of H-pyrrole nitrogens is 1. The monoisotopic (exact) mass is 330 g/mol. The summed E-state index contributed by atoms with van der Waals surface area (Å²) in [6, 6.07) is 11.7. The van der Waals surface area contributed by atoms with E-state index in [9.17, 15) is 4.79 Å². The van der Waals surface area contributed by atoms with Gasteiger partial charge in [0.05, 0.1) is 11.9 Å². The molecule has 0 unspecified atom stereocenters. The first-order chi connectivity index (χ1) is 11.0. The standard InChI is InChI=1S/C18H19ClN2O2/c1-21(2)8-9-23-17(22)10-12-4-3-5-14-15-11-13(19)6-7-16(15)20-18(12)14/h3-7,11,20H,8-10H2,1-2H3. The van der Waals surface area contributed by atoms with E-state index >= 15 is 0 Å². The number of carbonyl (C=O) groups excluding carboxylic acids is 1. The molecule has 0 saturated carbocycles. The van der Waals surface area contributed by atoms with E-state index in [1.54, 1.807) is 0 Å². The Labute approximate surface area is 140 Å². The van der Waals surface area contributed by atoms with Crippen LogP contribution in [0.5, 0.6) is 0 Å². The van der Waals surface area contributed by atoms with Crippen LogP contribution in [0.2, 0.25) is 5.02 Å². The number of benzene rings is 2. The predicted molar refractivity (Wildman–Crippen MR) is 94.0 cm³/mol. The smallest absolute Gasteiger partial charge is 0.310 e. The molecule has 0 radical (unpaired) electrons. The summed E-state index contributed by atoms with van der Waals surface area (Å²) in [5.41, 5.74) is 2.91. The molecule has 23 heavy (non-hydrogen) atoms. The van der Waals surface area contributed by atoms with E-state index in [4.69, 9.17) is 16.3 Å². The van der Waals surface area contributed by atoms with Gasteiger partial charge in [0.2, 0.25) is 0 Å². The summed E-state index contributed by atoms with van der Waals surface area (Å²) < 4.78 is 5.28. The first-order valence-electron chi connectivity index (χ1n) is 7.54. The van der Waals surface area contributed by atoms with Gasteiger partial charge in [-0.05, 0) is 37.9 Å². The summed E-state index contributed by atoms with van der Waals surface area (Å²) in [6.45, 7) is 1.13. The SMILES string of the molecule is CN(C)CCOC(=O)Cc1cccc2c1[nH]c1ccc(Cl)cc12. The summed E-state index contributed by atoms with van der Waals surface area (Å²) in [5, 5.41) is 2.84.